The Hall–Kier alpha value is -0.0800. The SMILES string of the molecule is CCC(C)N(CC)CCCCNC. The smallest absolute Gasteiger partial charge is 0.00641 e. The molecule has 0 aromatic heterocycles. The van der Waals surface area contributed by atoms with Crippen LogP contribution >= 0.6 is 0 Å². The van der Waals surface area contributed by atoms with E-state index in [0.29, 0.717) is 0 Å². The fraction of sp³-hybridized carbons (Fsp3) is 1.00. The molecule has 1 atom stereocenters. The van der Waals surface area contributed by atoms with Gasteiger partial charge in [0.15, 0.2) is 0 Å². The summed E-state index contributed by atoms with van der Waals surface area (Å²) in [5.74, 6) is 0. The maximum absolute atomic E-state index is 3.18. The van der Waals surface area contributed by atoms with Crippen LogP contribution in [0.25, 0.3) is 0 Å². The van der Waals surface area contributed by atoms with E-state index in [4.69, 9.17) is 0 Å². The number of rotatable bonds is 8. The molecule has 0 aromatic rings. The normalized spacial score (nSPS) is 13.6. The summed E-state index contributed by atoms with van der Waals surface area (Å²) in [6.07, 6.45) is 3.88. The Morgan fingerprint density at radius 3 is 2.38 bits per heavy atom. The molecule has 0 aliphatic rings. The highest BCUT2D eigenvalue weighted by Crippen LogP contribution is 2.04. The molecule has 0 radical (unpaired) electrons. The van der Waals surface area contributed by atoms with Gasteiger partial charge in [0.05, 0.1) is 0 Å². The summed E-state index contributed by atoms with van der Waals surface area (Å²) in [6, 6.07) is 0.750. The Kier molecular flexibility index (Phi) is 8.46. The lowest BCUT2D eigenvalue weighted by molar-refractivity contribution is 0.210. The molecule has 0 saturated carbocycles. The van der Waals surface area contributed by atoms with Crippen molar-refractivity contribution in [2.24, 2.45) is 0 Å². The number of nitrogens with one attached hydrogen (secondary N) is 1. The maximum atomic E-state index is 3.18. The maximum Gasteiger partial charge on any atom is 0.00641 e. The third-order valence-corrected chi connectivity index (χ3v) is 2.74. The van der Waals surface area contributed by atoms with E-state index in [1.807, 2.05) is 7.05 Å². The van der Waals surface area contributed by atoms with Gasteiger partial charge in [0.25, 0.3) is 0 Å². The molecule has 0 spiro atoms. The van der Waals surface area contributed by atoms with Crippen molar-refractivity contribution >= 4 is 0 Å². The van der Waals surface area contributed by atoms with Crippen LogP contribution in [0.15, 0.2) is 0 Å². The van der Waals surface area contributed by atoms with Crippen LogP contribution in [0.2, 0.25) is 0 Å². The van der Waals surface area contributed by atoms with Gasteiger partial charge in [0.1, 0.15) is 0 Å². The summed E-state index contributed by atoms with van der Waals surface area (Å²) < 4.78 is 0. The summed E-state index contributed by atoms with van der Waals surface area (Å²) in [7, 11) is 2.02. The molecule has 0 aromatic carbocycles. The van der Waals surface area contributed by atoms with Crippen molar-refractivity contribution in [2.75, 3.05) is 26.7 Å². The number of hydrogen-bond donors (Lipinski definition) is 1. The van der Waals surface area contributed by atoms with Gasteiger partial charge in [-0.1, -0.05) is 13.8 Å². The van der Waals surface area contributed by atoms with Crippen LogP contribution in [0.5, 0.6) is 0 Å². The van der Waals surface area contributed by atoms with Crippen LogP contribution in [0.1, 0.15) is 40.0 Å². The fourth-order valence-corrected chi connectivity index (χ4v) is 1.57. The predicted octanol–water partition coefficient (Wildman–Crippen LogP) is 2.11. The Morgan fingerprint density at radius 1 is 1.23 bits per heavy atom. The zero-order valence-corrected chi connectivity index (χ0v) is 9.77. The van der Waals surface area contributed by atoms with Gasteiger partial charge >= 0.3 is 0 Å². The lowest BCUT2D eigenvalue weighted by atomic mass is 10.2. The number of hydrogen-bond acceptors (Lipinski definition) is 2. The molecule has 1 N–H and O–H groups in total. The predicted molar refractivity (Wildman–Crippen MR) is 60.2 cm³/mol. The zero-order valence-electron chi connectivity index (χ0n) is 9.77. The van der Waals surface area contributed by atoms with E-state index in [-0.39, 0.29) is 0 Å². The van der Waals surface area contributed by atoms with Crippen LogP contribution in [0.3, 0.4) is 0 Å². The summed E-state index contributed by atoms with van der Waals surface area (Å²) >= 11 is 0. The minimum Gasteiger partial charge on any atom is -0.320 e. The van der Waals surface area contributed by atoms with Gasteiger partial charge < -0.3 is 10.2 Å². The van der Waals surface area contributed by atoms with E-state index in [1.165, 1.54) is 32.4 Å². The van der Waals surface area contributed by atoms with Crippen LogP contribution in [0, 0.1) is 0 Å². The van der Waals surface area contributed by atoms with E-state index < -0.39 is 0 Å². The van der Waals surface area contributed by atoms with Gasteiger partial charge in [0, 0.05) is 6.04 Å². The molecule has 80 valence electrons. The largest absolute Gasteiger partial charge is 0.320 e. The first-order chi connectivity index (χ1) is 6.26. The average molecular weight is 186 g/mol. The molecular formula is C11H26N2. The first kappa shape index (κ1) is 12.9. The highest BCUT2D eigenvalue weighted by atomic mass is 15.1. The molecule has 0 saturated heterocycles. The third kappa shape index (κ3) is 6.05. The van der Waals surface area contributed by atoms with Crippen molar-refractivity contribution in [3.8, 4) is 0 Å². The first-order valence-electron chi connectivity index (χ1n) is 5.64. The highest BCUT2D eigenvalue weighted by molar-refractivity contribution is 4.63. The molecule has 0 aliphatic heterocycles. The first-order valence-corrected chi connectivity index (χ1v) is 5.64. The fourth-order valence-electron chi connectivity index (χ4n) is 1.57. The van der Waals surface area contributed by atoms with E-state index in [9.17, 15) is 0 Å². The molecule has 0 aliphatic carbocycles. The topological polar surface area (TPSA) is 15.3 Å². The summed E-state index contributed by atoms with van der Waals surface area (Å²) in [5.41, 5.74) is 0. The summed E-state index contributed by atoms with van der Waals surface area (Å²) in [5, 5.41) is 3.18. The minimum absolute atomic E-state index is 0.750. The lowest BCUT2D eigenvalue weighted by Gasteiger charge is -2.26. The molecule has 2 heteroatoms. The van der Waals surface area contributed by atoms with Crippen molar-refractivity contribution in [3.05, 3.63) is 0 Å². The molecule has 1 unspecified atom stereocenters. The molecule has 13 heavy (non-hydrogen) atoms. The van der Waals surface area contributed by atoms with Gasteiger partial charge in [-0.05, 0) is 52.9 Å². The average Bonchev–Trinajstić information content (AvgIpc) is 2.17. The van der Waals surface area contributed by atoms with Crippen LogP contribution in [-0.4, -0.2) is 37.6 Å². The van der Waals surface area contributed by atoms with Crippen molar-refractivity contribution in [2.45, 2.75) is 46.1 Å². The van der Waals surface area contributed by atoms with Crippen LogP contribution < -0.4 is 5.32 Å². The summed E-state index contributed by atoms with van der Waals surface area (Å²) in [6.45, 7) is 10.4. The van der Waals surface area contributed by atoms with E-state index >= 15 is 0 Å². The van der Waals surface area contributed by atoms with Crippen molar-refractivity contribution in [1.82, 2.24) is 10.2 Å². The molecule has 0 fully saturated rings. The van der Waals surface area contributed by atoms with Crippen molar-refractivity contribution in [1.29, 1.82) is 0 Å². The van der Waals surface area contributed by atoms with Gasteiger partial charge in [0.2, 0.25) is 0 Å². The highest BCUT2D eigenvalue weighted by Gasteiger charge is 2.08. The Morgan fingerprint density at radius 2 is 1.92 bits per heavy atom. The van der Waals surface area contributed by atoms with Crippen molar-refractivity contribution in [3.63, 3.8) is 0 Å². The number of unbranched alkanes of at least 4 members (excludes halogenated alkanes) is 1. The quantitative estimate of drug-likeness (QED) is 0.584. The van der Waals surface area contributed by atoms with Crippen molar-refractivity contribution < 1.29 is 0 Å². The van der Waals surface area contributed by atoms with E-state index in [1.54, 1.807) is 0 Å². The monoisotopic (exact) mass is 186 g/mol. The number of nitrogens with zero attached hydrogens (tertiary/aromatic N) is 1. The van der Waals surface area contributed by atoms with Gasteiger partial charge in [-0.3, -0.25) is 0 Å². The van der Waals surface area contributed by atoms with Gasteiger partial charge in [-0.2, -0.15) is 0 Å². The molecule has 2 nitrogen and oxygen atoms in total. The van der Waals surface area contributed by atoms with Crippen LogP contribution in [-0.2, 0) is 0 Å². The Balaban J connectivity index is 3.47. The Labute approximate surface area is 83.7 Å². The lowest BCUT2D eigenvalue weighted by Crippen LogP contribution is -2.33. The second-order valence-corrected chi connectivity index (χ2v) is 3.70. The van der Waals surface area contributed by atoms with E-state index in [0.717, 1.165) is 12.6 Å². The molecule has 0 bridgehead atoms. The standard InChI is InChI=1S/C11H26N2/c1-5-11(3)13(6-2)10-8-7-9-12-4/h11-12H,5-10H2,1-4H3. The molecular weight excluding hydrogens is 160 g/mol. The van der Waals surface area contributed by atoms with E-state index in [2.05, 4.69) is 31.0 Å². The second kappa shape index (κ2) is 8.52. The second-order valence-electron chi connectivity index (χ2n) is 3.70. The summed E-state index contributed by atoms with van der Waals surface area (Å²) in [4.78, 5) is 2.57. The molecule has 0 rings (SSSR count). The molecule has 0 heterocycles. The van der Waals surface area contributed by atoms with Crippen LogP contribution in [0.4, 0.5) is 0 Å². The minimum atomic E-state index is 0.750. The Bertz CT molecular complexity index is 104. The zero-order chi connectivity index (χ0) is 10.1. The van der Waals surface area contributed by atoms with Gasteiger partial charge in [-0.15, -0.1) is 0 Å². The third-order valence-electron chi connectivity index (χ3n) is 2.74. The molecule has 0 amide bonds. The van der Waals surface area contributed by atoms with Gasteiger partial charge in [-0.25, -0.2) is 0 Å².